The van der Waals surface area contributed by atoms with Gasteiger partial charge in [0.1, 0.15) is 11.6 Å². The monoisotopic (exact) mass is 523 g/mol. The Labute approximate surface area is 183 Å². The van der Waals surface area contributed by atoms with Gasteiger partial charge in [-0.15, -0.1) is 0 Å². The van der Waals surface area contributed by atoms with Crippen molar-refractivity contribution in [1.29, 1.82) is 0 Å². The summed E-state index contributed by atoms with van der Waals surface area (Å²) < 4.78 is 14.2. The maximum Gasteiger partial charge on any atom is 0.250 e. The van der Waals surface area contributed by atoms with Crippen LogP contribution in [0.3, 0.4) is 0 Å². The number of hydrogen-bond acceptors (Lipinski definition) is 8. The summed E-state index contributed by atoms with van der Waals surface area (Å²) in [6.07, 6.45) is 1.56. The molecule has 1 heterocycles. The maximum absolute atomic E-state index is 13.1. The minimum Gasteiger partial charge on any atom is -0.506 e. The number of nitrogens with zero attached hydrogens (tertiary/aromatic N) is 5. The highest BCUT2D eigenvalue weighted by molar-refractivity contribution is 9.11. The summed E-state index contributed by atoms with van der Waals surface area (Å²) in [5.41, 5.74) is 4.14. The van der Waals surface area contributed by atoms with Gasteiger partial charge in [0.25, 0.3) is 0 Å². The molecule has 3 rings (SSSR count). The lowest BCUT2D eigenvalue weighted by Crippen LogP contribution is -2.15. The predicted molar refractivity (Wildman–Crippen MR) is 119 cm³/mol. The molecule has 0 saturated heterocycles. The highest BCUT2D eigenvalue weighted by Gasteiger charge is 2.09. The standard InChI is InChI=1S/C18H16Br2FN7O/c1-28(2)18-25-16(23-12-5-3-11(21)4-6-12)24-17(26-18)27-22-9-10-7-13(19)15(29)14(20)8-10/h3-9,29H,1-2H3,(H2,23,24,25,26,27)/b22-9-. The van der Waals surface area contributed by atoms with Gasteiger partial charge in [-0.1, -0.05) is 0 Å². The van der Waals surface area contributed by atoms with Gasteiger partial charge in [0.05, 0.1) is 15.2 Å². The Kier molecular flexibility index (Phi) is 6.60. The number of aromatic hydroxyl groups is 1. The molecule has 3 N–H and O–H groups in total. The van der Waals surface area contributed by atoms with Crippen LogP contribution in [0.1, 0.15) is 5.56 Å². The Morgan fingerprint density at radius 2 is 1.66 bits per heavy atom. The largest absolute Gasteiger partial charge is 0.506 e. The summed E-state index contributed by atoms with van der Waals surface area (Å²) in [7, 11) is 3.60. The third kappa shape index (κ3) is 5.61. The van der Waals surface area contributed by atoms with Gasteiger partial charge >= 0.3 is 0 Å². The third-order valence-electron chi connectivity index (χ3n) is 3.54. The predicted octanol–water partition coefficient (Wildman–Crippen LogP) is 4.50. The summed E-state index contributed by atoms with van der Waals surface area (Å²) in [6.45, 7) is 0. The van der Waals surface area contributed by atoms with E-state index in [1.807, 2.05) is 0 Å². The molecule has 0 radical (unpaired) electrons. The van der Waals surface area contributed by atoms with E-state index in [0.717, 1.165) is 5.56 Å². The molecule has 3 aromatic rings. The molecular weight excluding hydrogens is 509 g/mol. The average Bonchev–Trinajstić information content (AvgIpc) is 2.67. The molecule has 150 valence electrons. The van der Waals surface area contributed by atoms with E-state index < -0.39 is 0 Å². The zero-order valence-electron chi connectivity index (χ0n) is 15.4. The SMILES string of the molecule is CN(C)c1nc(N/N=C\c2cc(Br)c(O)c(Br)c2)nc(Nc2ccc(F)cc2)n1. The molecule has 29 heavy (non-hydrogen) atoms. The van der Waals surface area contributed by atoms with Gasteiger partial charge < -0.3 is 15.3 Å². The van der Waals surface area contributed by atoms with E-state index in [1.54, 1.807) is 49.5 Å². The summed E-state index contributed by atoms with van der Waals surface area (Å²) in [5.74, 6) is 0.700. The van der Waals surface area contributed by atoms with Gasteiger partial charge in [-0.3, -0.25) is 0 Å². The van der Waals surface area contributed by atoms with Crippen LogP contribution in [0, 0.1) is 5.82 Å². The van der Waals surface area contributed by atoms with Crippen molar-refractivity contribution in [2.75, 3.05) is 29.7 Å². The molecule has 0 unspecified atom stereocenters. The second-order valence-electron chi connectivity index (χ2n) is 6.01. The van der Waals surface area contributed by atoms with Crippen molar-refractivity contribution >= 4 is 61.6 Å². The number of rotatable bonds is 6. The molecule has 0 atom stereocenters. The summed E-state index contributed by atoms with van der Waals surface area (Å²) in [6, 6.07) is 9.28. The summed E-state index contributed by atoms with van der Waals surface area (Å²) >= 11 is 6.54. The normalized spacial score (nSPS) is 10.9. The van der Waals surface area contributed by atoms with E-state index >= 15 is 0 Å². The van der Waals surface area contributed by atoms with Crippen LogP contribution in [0.15, 0.2) is 50.4 Å². The summed E-state index contributed by atoms with van der Waals surface area (Å²) in [4.78, 5) is 14.6. The lowest BCUT2D eigenvalue weighted by atomic mass is 10.2. The first-order chi connectivity index (χ1) is 13.8. The molecule has 0 amide bonds. The first kappa shape index (κ1) is 20.9. The van der Waals surface area contributed by atoms with E-state index in [1.165, 1.54) is 12.1 Å². The van der Waals surface area contributed by atoms with Crippen molar-refractivity contribution < 1.29 is 9.50 Å². The average molecular weight is 525 g/mol. The van der Waals surface area contributed by atoms with E-state index in [2.05, 4.69) is 62.7 Å². The molecule has 0 spiro atoms. The Hall–Kier alpha value is -2.79. The number of aromatic nitrogens is 3. The molecule has 0 fully saturated rings. The van der Waals surface area contributed by atoms with Gasteiger partial charge in [-0.05, 0) is 73.8 Å². The topological polar surface area (TPSA) is 98.6 Å². The first-order valence-electron chi connectivity index (χ1n) is 8.25. The van der Waals surface area contributed by atoms with Gasteiger partial charge in [0.15, 0.2) is 0 Å². The summed E-state index contributed by atoms with van der Waals surface area (Å²) in [5, 5.41) is 16.9. The molecule has 0 aliphatic rings. The molecule has 0 saturated carbocycles. The van der Waals surface area contributed by atoms with E-state index in [4.69, 9.17) is 0 Å². The van der Waals surface area contributed by atoms with Crippen LogP contribution in [0.2, 0.25) is 0 Å². The molecule has 8 nitrogen and oxygen atoms in total. The van der Waals surface area contributed by atoms with Crippen LogP contribution in [0.4, 0.5) is 27.9 Å². The zero-order chi connectivity index (χ0) is 21.0. The third-order valence-corrected chi connectivity index (χ3v) is 4.75. The molecule has 1 aromatic heterocycles. The Morgan fingerprint density at radius 1 is 1.03 bits per heavy atom. The number of halogens is 3. The van der Waals surface area contributed by atoms with Crippen LogP contribution in [-0.2, 0) is 0 Å². The van der Waals surface area contributed by atoms with Gasteiger partial charge in [0, 0.05) is 19.8 Å². The Morgan fingerprint density at radius 3 is 2.28 bits per heavy atom. The lowest BCUT2D eigenvalue weighted by molar-refractivity contribution is 0.468. The van der Waals surface area contributed by atoms with Crippen LogP contribution in [-0.4, -0.2) is 40.4 Å². The molecule has 0 aliphatic carbocycles. The number of hydrogen-bond donors (Lipinski definition) is 3. The van der Waals surface area contributed by atoms with E-state index in [-0.39, 0.29) is 23.5 Å². The fourth-order valence-corrected chi connectivity index (χ4v) is 3.38. The van der Waals surface area contributed by atoms with Crippen molar-refractivity contribution in [3.8, 4) is 5.75 Å². The number of anilines is 4. The maximum atomic E-state index is 13.1. The van der Waals surface area contributed by atoms with Crippen molar-refractivity contribution in [2.24, 2.45) is 5.10 Å². The number of hydrazone groups is 1. The number of nitrogens with one attached hydrogen (secondary N) is 2. The number of benzene rings is 2. The fourth-order valence-electron chi connectivity index (χ4n) is 2.16. The minimum absolute atomic E-state index is 0.111. The number of phenols is 1. The van der Waals surface area contributed by atoms with Crippen LogP contribution >= 0.6 is 31.9 Å². The quantitative estimate of drug-likeness (QED) is 0.322. The highest BCUT2D eigenvalue weighted by Crippen LogP contribution is 2.32. The van der Waals surface area contributed by atoms with Crippen molar-refractivity contribution in [2.45, 2.75) is 0 Å². The molecule has 2 aromatic carbocycles. The Balaban J connectivity index is 1.81. The van der Waals surface area contributed by atoms with Crippen molar-refractivity contribution in [1.82, 2.24) is 15.0 Å². The molecule has 11 heteroatoms. The zero-order valence-corrected chi connectivity index (χ0v) is 18.5. The van der Waals surface area contributed by atoms with Crippen molar-refractivity contribution in [3.63, 3.8) is 0 Å². The van der Waals surface area contributed by atoms with Gasteiger partial charge in [-0.2, -0.15) is 20.1 Å². The van der Waals surface area contributed by atoms with Crippen LogP contribution in [0.25, 0.3) is 0 Å². The molecule has 0 aliphatic heterocycles. The van der Waals surface area contributed by atoms with E-state index in [9.17, 15) is 9.50 Å². The minimum atomic E-state index is -0.329. The van der Waals surface area contributed by atoms with Crippen LogP contribution < -0.4 is 15.6 Å². The second kappa shape index (κ2) is 9.14. The van der Waals surface area contributed by atoms with Gasteiger partial charge in [-0.25, -0.2) is 9.82 Å². The second-order valence-corrected chi connectivity index (χ2v) is 7.72. The Bertz CT molecular complexity index is 1020. The lowest BCUT2D eigenvalue weighted by Gasteiger charge is -2.13. The number of phenolic OH excluding ortho intramolecular Hbond substituents is 1. The smallest absolute Gasteiger partial charge is 0.250 e. The van der Waals surface area contributed by atoms with Gasteiger partial charge in [0.2, 0.25) is 17.8 Å². The van der Waals surface area contributed by atoms with Crippen LogP contribution in [0.5, 0.6) is 5.75 Å². The molecular formula is C18H16Br2FN7O. The van der Waals surface area contributed by atoms with Crippen molar-refractivity contribution in [3.05, 3.63) is 56.7 Å². The molecule has 0 bridgehead atoms. The van der Waals surface area contributed by atoms with E-state index in [0.29, 0.717) is 20.6 Å². The fraction of sp³-hybridized carbons (Fsp3) is 0.111. The highest BCUT2D eigenvalue weighted by atomic mass is 79.9. The first-order valence-corrected chi connectivity index (χ1v) is 9.83.